The summed E-state index contributed by atoms with van der Waals surface area (Å²) in [5, 5.41) is 3.31. The van der Waals surface area contributed by atoms with Crippen molar-refractivity contribution in [3.8, 4) is 11.5 Å². The van der Waals surface area contributed by atoms with Gasteiger partial charge in [-0.3, -0.25) is 4.90 Å². The molecule has 1 heterocycles. The van der Waals surface area contributed by atoms with Crippen LogP contribution in [0.3, 0.4) is 0 Å². The average molecular weight is 286 g/mol. The number of hydrogen-bond acceptors (Lipinski definition) is 4. The molecule has 1 aliphatic heterocycles. The summed E-state index contributed by atoms with van der Waals surface area (Å²) in [5.41, 5.74) is 1.01. The van der Waals surface area contributed by atoms with Gasteiger partial charge in [0.25, 0.3) is 6.43 Å². The number of fused-ring (bicyclic) bond motifs is 1. The number of benzene rings is 1. The fraction of sp³-hybridized carbons (Fsp3) is 0.571. The molecule has 4 nitrogen and oxygen atoms in total. The predicted molar refractivity (Wildman–Crippen MR) is 72.5 cm³/mol. The van der Waals surface area contributed by atoms with Crippen LogP contribution in [-0.2, 0) is 0 Å². The fourth-order valence-corrected chi connectivity index (χ4v) is 2.29. The van der Waals surface area contributed by atoms with E-state index in [0.29, 0.717) is 12.3 Å². The summed E-state index contributed by atoms with van der Waals surface area (Å²) in [4.78, 5) is 1.63. The first kappa shape index (κ1) is 15.0. The number of halogens is 2. The highest BCUT2D eigenvalue weighted by Gasteiger charge is 2.19. The van der Waals surface area contributed by atoms with E-state index < -0.39 is 6.43 Å². The van der Waals surface area contributed by atoms with Crippen molar-refractivity contribution in [3.63, 3.8) is 0 Å². The zero-order chi connectivity index (χ0) is 14.5. The van der Waals surface area contributed by atoms with Crippen LogP contribution in [0.1, 0.15) is 18.5 Å². The first-order valence-electron chi connectivity index (χ1n) is 6.69. The molecule has 1 atom stereocenters. The highest BCUT2D eigenvalue weighted by atomic mass is 19.3. The molecule has 1 aromatic rings. The second-order valence-corrected chi connectivity index (χ2v) is 4.84. The molecule has 0 fully saturated rings. The van der Waals surface area contributed by atoms with E-state index >= 15 is 0 Å². The Labute approximate surface area is 117 Å². The third-order valence-electron chi connectivity index (χ3n) is 3.19. The summed E-state index contributed by atoms with van der Waals surface area (Å²) >= 11 is 0. The maximum atomic E-state index is 12.4. The van der Waals surface area contributed by atoms with Gasteiger partial charge in [0.15, 0.2) is 11.5 Å². The van der Waals surface area contributed by atoms with E-state index in [0.717, 1.165) is 17.9 Å². The fourth-order valence-electron chi connectivity index (χ4n) is 2.29. The lowest BCUT2D eigenvalue weighted by molar-refractivity contribution is 0.0959. The van der Waals surface area contributed by atoms with Crippen molar-refractivity contribution < 1.29 is 18.3 Å². The third kappa shape index (κ3) is 3.80. The van der Waals surface area contributed by atoms with Crippen molar-refractivity contribution >= 4 is 0 Å². The smallest absolute Gasteiger partial charge is 0.251 e. The molecule has 0 saturated heterocycles. The Morgan fingerprint density at radius 1 is 1.25 bits per heavy atom. The minimum Gasteiger partial charge on any atom is -0.454 e. The van der Waals surface area contributed by atoms with Crippen LogP contribution in [-0.4, -0.2) is 44.8 Å². The maximum absolute atomic E-state index is 12.4. The average Bonchev–Trinajstić information content (AvgIpc) is 2.84. The molecule has 0 aliphatic carbocycles. The van der Waals surface area contributed by atoms with E-state index in [9.17, 15) is 8.78 Å². The topological polar surface area (TPSA) is 33.7 Å². The van der Waals surface area contributed by atoms with E-state index in [1.54, 1.807) is 11.9 Å². The van der Waals surface area contributed by atoms with Gasteiger partial charge in [-0.2, -0.15) is 0 Å². The molecule has 0 radical (unpaired) electrons. The Morgan fingerprint density at radius 2 is 2.00 bits per heavy atom. The molecule has 20 heavy (non-hydrogen) atoms. The third-order valence-corrected chi connectivity index (χ3v) is 3.19. The van der Waals surface area contributed by atoms with Gasteiger partial charge in [-0.25, -0.2) is 8.78 Å². The Bertz CT molecular complexity index is 443. The van der Waals surface area contributed by atoms with Crippen molar-refractivity contribution in [1.29, 1.82) is 0 Å². The molecule has 2 rings (SSSR count). The van der Waals surface area contributed by atoms with Gasteiger partial charge >= 0.3 is 0 Å². The van der Waals surface area contributed by atoms with Gasteiger partial charge in [-0.15, -0.1) is 0 Å². The van der Waals surface area contributed by atoms with Crippen LogP contribution < -0.4 is 14.8 Å². The van der Waals surface area contributed by atoms with Crippen molar-refractivity contribution in [2.75, 3.05) is 33.5 Å². The minimum absolute atomic E-state index is 0.0155. The van der Waals surface area contributed by atoms with Gasteiger partial charge in [-0.1, -0.05) is 13.0 Å². The number of hydrogen-bond donors (Lipinski definition) is 1. The highest BCUT2D eigenvalue weighted by Crippen LogP contribution is 2.34. The van der Waals surface area contributed by atoms with Crippen molar-refractivity contribution in [3.05, 3.63) is 23.8 Å². The molecule has 1 N–H and O–H groups in total. The Balaban J connectivity index is 2.07. The molecular weight excluding hydrogens is 266 g/mol. The number of ether oxygens (including phenoxy) is 2. The zero-order valence-corrected chi connectivity index (χ0v) is 11.7. The van der Waals surface area contributed by atoms with Crippen molar-refractivity contribution in [2.45, 2.75) is 19.4 Å². The SMILES string of the molecule is CCNC(CN(C)CC(F)F)c1ccc2c(c1)OCO2. The van der Waals surface area contributed by atoms with Crippen LogP contribution in [0.15, 0.2) is 18.2 Å². The summed E-state index contributed by atoms with van der Waals surface area (Å²) in [6.45, 7) is 3.27. The van der Waals surface area contributed by atoms with Gasteiger partial charge in [0.05, 0.1) is 6.54 Å². The van der Waals surface area contributed by atoms with E-state index in [-0.39, 0.29) is 19.4 Å². The van der Waals surface area contributed by atoms with E-state index in [2.05, 4.69) is 5.32 Å². The van der Waals surface area contributed by atoms with Crippen LogP contribution in [0.2, 0.25) is 0 Å². The summed E-state index contributed by atoms with van der Waals surface area (Å²) in [6, 6.07) is 5.69. The Kier molecular flexibility index (Phi) is 5.14. The Hall–Kier alpha value is -1.40. The first-order chi connectivity index (χ1) is 9.60. The largest absolute Gasteiger partial charge is 0.454 e. The normalized spacial score (nSPS) is 15.1. The monoisotopic (exact) mass is 286 g/mol. The zero-order valence-electron chi connectivity index (χ0n) is 11.7. The molecule has 0 saturated carbocycles. The number of nitrogens with one attached hydrogen (secondary N) is 1. The summed E-state index contributed by atoms with van der Waals surface area (Å²) in [5.74, 6) is 1.44. The lowest BCUT2D eigenvalue weighted by atomic mass is 10.1. The second-order valence-electron chi connectivity index (χ2n) is 4.84. The Morgan fingerprint density at radius 3 is 2.70 bits per heavy atom. The van der Waals surface area contributed by atoms with Gasteiger partial charge in [0.2, 0.25) is 6.79 Å². The van der Waals surface area contributed by atoms with Gasteiger partial charge in [-0.05, 0) is 31.3 Å². The molecule has 1 aromatic carbocycles. The van der Waals surface area contributed by atoms with E-state index in [4.69, 9.17) is 9.47 Å². The molecule has 0 aromatic heterocycles. The van der Waals surface area contributed by atoms with Crippen LogP contribution >= 0.6 is 0 Å². The molecular formula is C14H20F2N2O2. The lowest BCUT2D eigenvalue weighted by Gasteiger charge is -2.25. The number of likely N-dealkylation sites (N-methyl/N-ethyl adjacent to an activating group) is 2. The molecule has 112 valence electrons. The molecule has 1 unspecified atom stereocenters. The lowest BCUT2D eigenvalue weighted by Crippen LogP contribution is -2.35. The predicted octanol–water partition coefficient (Wildman–Crippen LogP) is 2.26. The van der Waals surface area contributed by atoms with Gasteiger partial charge in [0, 0.05) is 12.6 Å². The van der Waals surface area contributed by atoms with Crippen LogP contribution in [0.4, 0.5) is 8.78 Å². The van der Waals surface area contributed by atoms with Gasteiger partial charge in [0.1, 0.15) is 0 Å². The van der Waals surface area contributed by atoms with E-state index in [1.165, 1.54) is 0 Å². The molecule has 0 spiro atoms. The molecule has 0 bridgehead atoms. The standard InChI is InChI=1S/C14H20F2N2O2/c1-3-17-11(7-18(2)8-14(15)16)10-4-5-12-13(6-10)20-9-19-12/h4-6,11,14,17H,3,7-9H2,1-2H3. The van der Waals surface area contributed by atoms with Gasteiger partial charge < -0.3 is 14.8 Å². The minimum atomic E-state index is -2.32. The quantitative estimate of drug-likeness (QED) is 0.833. The summed E-state index contributed by atoms with van der Waals surface area (Å²) < 4.78 is 35.4. The summed E-state index contributed by atoms with van der Waals surface area (Å²) in [6.07, 6.45) is -2.32. The molecule has 1 aliphatic rings. The van der Waals surface area contributed by atoms with Crippen LogP contribution in [0, 0.1) is 0 Å². The van der Waals surface area contributed by atoms with Crippen LogP contribution in [0.5, 0.6) is 11.5 Å². The second kappa shape index (κ2) is 6.85. The summed E-state index contributed by atoms with van der Waals surface area (Å²) in [7, 11) is 1.70. The maximum Gasteiger partial charge on any atom is 0.251 e. The first-order valence-corrected chi connectivity index (χ1v) is 6.69. The number of nitrogens with zero attached hydrogens (tertiary/aromatic N) is 1. The number of alkyl halides is 2. The van der Waals surface area contributed by atoms with Crippen LogP contribution in [0.25, 0.3) is 0 Å². The number of rotatable bonds is 7. The van der Waals surface area contributed by atoms with Crippen molar-refractivity contribution in [2.24, 2.45) is 0 Å². The van der Waals surface area contributed by atoms with Crippen molar-refractivity contribution in [1.82, 2.24) is 10.2 Å². The van der Waals surface area contributed by atoms with E-state index in [1.807, 2.05) is 25.1 Å². The molecule has 0 amide bonds. The molecule has 6 heteroatoms. The highest BCUT2D eigenvalue weighted by molar-refractivity contribution is 5.45.